The van der Waals surface area contributed by atoms with Crippen LogP contribution in [0.15, 0.2) is 71.9 Å². The smallest absolute Gasteiger partial charge is 0.244 e. The predicted molar refractivity (Wildman–Crippen MR) is 137 cm³/mol. The molecule has 1 heterocycles. The normalized spacial score (nSPS) is 10.8. The number of carbonyl (C=O) groups is 2. The zero-order chi connectivity index (χ0) is 24.1. The summed E-state index contributed by atoms with van der Waals surface area (Å²) in [5.74, 6) is 0.475. The number of imidazole rings is 1. The highest BCUT2D eigenvalue weighted by Gasteiger charge is 2.16. The lowest BCUT2D eigenvalue weighted by atomic mass is 10.2. The zero-order valence-corrected chi connectivity index (χ0v) is 20.2. The van der Waals surface area contributed by atoms with Crippen molar-refractivity contribution in [3.05, 3.63) is 77.3 Å². The second kappa shape index (κ2) is 10.6. The van der Waals surface area contributed by atoms with Crippen LogP contribution < -0.4 is 15.4 Å². The summed E-state index contributed by atoms with van der Waals surface area (Å²) < 4.78 is 6.95. The molecule has 2 N–H and O–H groups in total. The summed E-state index contributed by atoms with van der Waals surface area (Å²) in [4.78, 5) is 30.0. The molecule has 0 aliphatic heterocycles. The van der Waals surface area contributed by atoms with Crippen molar-refractivity contribution in [3.63, 3.8) is 0 Å². The van der Waals surface area contributed by atoms with Gasteiger partial charge in [-0.2, -0.15) is 0 Å². The number of methoxy groups -OCH3 is 1. The van der Waals surface area contributed by atoms with E-state index >= 15 is 0 Å². The van der Waals surface area contributed by atoms with Gasteiger partial charge in [0.1, 0.15) is 12.3 Å². The molecule has 2 amide bonds. The number of amides is 2. The molecule has 0 unspecified atom stereocenters. The number of nitrogens with one attached hydrogen (secondary N) is 2. The lowest BCUT2D eigenvalue weighted by molar-refractivity contribution is -0.117. The van der Waals surface area contributed by atoms with Crippen LogP contribution in [0.25, 0.3) is 11.0 Å². The van der Waals surface area contributed by atoms with Gasteiger partial charge in [0.2, 0.25) is 11.8 Å². The number of carbonyl (C=O) groups excluding carboxylic acids is 2. The van der Waals surface area contributed by atoms with E-state index in [0.717, 1.165) is 16.6 Å². The van der Waals surface area contributed by atoms with Gasteiger partial charge in [0, 0.05) is 16.4 Å². The van der Waals surface area contributed by atoms with Crippen molar-refractivity contribution < 1.29 is 14.3 Å². The van der Waals surface area contributed by atoms with Crippen molar-refractivity contribution in [1.29, 1.82) is 0 Å². The Labute approximate surface area is 206 Å². The van der Waals surface area contributed by atoms with Gasteiger partial charge >= 0.3 is 0 Å². The van der Waals surface area contributed by atoms with Crippen LogP contribution in [0.2, 0.25) is 5.02 Å². The lowest BCUT2D eigenvalue weighted by Gasteiger charge is -2.12. The molecule has 7 nitrogen and oxygen atoms in total. The van der Waals surface area contributed by atoms with Gasteiger partial charge in [-0.1, -0.05) is 41.6 Å². The number of para-hydroxylation sites is 2. The number of ether oxygens (including phenoxy) is 1. The summed E-state index contributed by atoms with van der Waals surface area (Å²) in [7, 11) is 1.59. The Bertz CT molecular complexity index is 1340. The number of halogens is 1. The highest BCUT2D eigenvalue weighted by molar-refractivity contribution is 7.99. The average molecular weight is 495 g/mol. The van der Waals surface area contributed by atoms with E-state index < -0.39 is 0 Å². The van der Waals surface area contributed by atoms with Crippen LogP contribution in [0.4, 0.5) is 11.4 Å². The van der Waals surface area contributed by atoms with Crippen LogP contribution in [0.1, 0.15) is 5.56 Å². The minimum absolute atomic E-state index is 0.0505. The van der Waals surface area contributed by atoms with Crippen molar-refractivity contribution in [2.24, 2.45) is 0 Å². The number of hydrogen-bond donors (Lipinski definition) is 2. The number of aromatic nitrogens is 2. The van der Waals surface area contributed by atoms with Gasteiger partial charge in [0.25, 0.3) is 0 Å². The Morgan fingerprint density at radius 1 is 1.00 bits per heavy atom. The van der Waals surface area contributed by atoms with Crippen molar-refractivity contribution in [2.45, 2.75) is 18.6 Å². The van der Waals surface area contributed by atoms with Gasteiger partial charge in [0.05, 0.1) is 23.9 Å². The molecule has 0 aliphatic carbocycles. The fourth-order valence-electron chi connectivity index (χ4n) is 3.39. The molecule has 0 fully saturated rings. The number of thioether (sulfide) groups is 1. The third kappa shape index (κ3) is 5.52. The number of benzene rings is 3. The Morgan fingerprint density at radius 3 is 2.53 bits per heavy atom. The Morgan fingerprint density at radius 2 is 1.76 bits per heavy atom. The van der Waals surface area contributed by atoms with Crippen LogP contribution >= 0.6 is 23.4 Å². The molecule has 0 saturated carbocycles. The average Bonchev–Trinajstić information content (AvgIpc) is 3.18. The van der Waals surface area contributed by atoms with Gasteiger partial charge in [-0.25, -0.2) is 4.98 Å². The monoisotopic (exact) mass is 494 g/mol. The van der Waals surface area contributed by atoms with Crippen LogP contribution in [0.3, 0.4) is 0 Å². The molecule has 3 aromatic carbocycles. The lowest BCUT2D eigenvalue weighted by Crippen LogP contribution is -2.20. The summed E-state index contributed by atoms with van der Waals surface area (Å²) in [6.07, 6.45) is 0. The van der Waals surface area contributed by atoms with Crippen LogP contribution in [0, 0.1) is 6.92 Å². The standard InChI is InChI=1S/C25H23ClN4O3S/c1-16-19(26)6-5-8-20(16)28-23(31)14-30-22-9-4-3-7-21(22)29-25(30)34-15-24(32)27-17-10-12-18(33-2)13-11-17/h3-13H,14-15H2,1-2H3,(H,27,32)(H,28,31). The van der Waals surface area contributed by atoms with Crippen molar-refractivity contribution in [2.75, 3.05) is 23.5 Å². The number of hydrogen-bond acceptors (Lipinski definition) is 5. The molecular weight excluding hydrogens is 472 g/mol. The maximum atomic E-state index is 12.9. The Kier molecular flexibility index (Phi) is 7.40. The molecule has 174 valence electrons. The first-order valence-corrected chi connectivity index (χ1v) is 11.9. The van der Waals surface area contributed by atoms with E-state index in [4.69, 9.17) is 16.3 Å². The van der Waals surface area contributed by atoms with Gasteiger partial charge in [-0.05, 0) is 61.0 Å². The summed E-state index contributed by atoms with van der Waals surface area (Å²) >= 11 is 7.45. The van der Waals surface area contributed by atoms with E-state index in [1.54, 1.807) is 43.5 Å². The summed E-state index contributed by atoms with van der Waals surface area (Å²) in [6.45, 7) is 1.90. The zero-order valence-electron chi connectivity index (χ0n) is 18.7. The fourth-order valence-corrected chi connectivity index (χ4v) is 4.38. The van der Waals surface area contributed by atoms with E-state index in [2.05, 4.69) is 15.6 Å². The highest BCUT2D eigenvalue weighted by Crippen LogP contribution is 2.26. The van der Waals surface area contributed by atoms with Crippen molar-refractivity contribution in [3.8, 4) is 5.75 Å². The molecule has 0 saturated heterocycles. The molecule has 0 spiro atoms. The maximum Gasteiger partial charge on any atom is 0.244 e. The van der Waals surface area contributed by atoms with Crippen LogP contribution in [-0.4, -0.2) is 34.2 Å². The van der Waals surface area contributed by atoms with E-state index in [9.17, 15) is 9.59 Å². The molecule has 34 heavy (non-hydrogen) atoms. The molecule has 0 atom stereocenters. The SMILES string of the molecule is COc1ccc(NC(=O)CSc2nc3ccccc3n2CC(=O)Nc2cccc(Cl)c2C)cc1. The van der Waals surface area contributed by atoms with E-state index in [1.807, 2.05) is 41.8 Å². The third-order valence-electron chi connectivity index (χ3n) is 5.17. The van der Waals surface area contributed by atoms with Crippen LogP contribution in [-0.2, 0) is 16.1 Å². The Hall–Kier alpha value is -3.49. The molecular formula is C25H23ClN4O3S. The number of anilines is 2. The minimum Gasteiger partial charge on any atom is -0.497 e. The van der Waals surface area contributed by atoms with Crippen molar-refractivity contribution in [1.82, 2.24) is 9.55 Å². The van der Waals surface area contributed by atoms with Gasteiger partial charge in [-0.3, -0.25) is 9.59 Å². The molecule has 0 radical (unpaired) electrons. The van der Waals surface area contributed by atoms with E-state index in [0.29, 0.717) is 27.3 Å². The van der Waals surface area contributed by atoms with Crippen LogP contribution in [0.5, 0.6) is 5.75 Å². The fraction of sp³-hybridized carbons (Fsp3) is 0.160. The molecule has 0 bridgehead atoms. The Balaban J connectivity index is 1.47. The van der Waals surface area contributed by atoms with E-state index in [-0.39, 0.29) is 24.1 Å². The summed E-state index contributed by atoms with van der Waals surface area (Å²) in [5, 5.41) is 6.95. The first-order chi connectivity index (χ1) is 16.4. The second-order valence-corrected chi connectivity index (χ2v) is 8.84. The van der Waals surface area contributed by atoms with Crippen molar-refractivity contribution >= 4 is 57.6 Å². The molecule has 9 heteroatoms. The topological polar surface area (TPSA) is 85.2 Å². The summed E-state index contributed by atoms with van der Waals surface area (Å²) in [6, 6.07) is 20.1. The number of rotatable bonds is 8. The van der Waals surface area contributed by atoms with Gasteiger partial charge < -0.3 is 19.9 Å². The third-order valence-corrected chi connectivity index (χ3v) is 6.56. The largest absolute Gasteiger partial charge is 0.497 e. The van der Waals surface area contributed by atoms with Gasteiger partial charge in [-0.15, -0.1) is 0 Å². The first-order valence-electron chi connectivity index (χ1n) is 10.5. The van der Waals surface area contributed by atoms with E-state index in [1.165, 1.54) is 11.8 Å². The molecule has 4 rings (SSSR count). The number of nitrogens with zero attached hydrogens (tertiary/aromatic N) is 2. The maximum absolute atomic E-state index is 12.9. The molecule has 0 aliphatic rings. The molecule has 1 aromatic heterocycles. The highest BCUT2D eigenvalue weighted by atomic mass is 35.5. The quantitative estimate of drug-likeness (QED) is 0.321. The predicted octanol–water partition coefficient (Wildman–Crippen LogP) is 5.38. The first kappa shape index (κ1) is 23.7. The second-order valence-electron chi connectivity index (χ2n) is 7.50. The number of fused-ring (bicyclic) bond motifs is 1. The molecule has 4 aromatic rings. The minimum atomic E-state index is -0.210. The van der Waals surface area contributed by atoms with Gasteiger partial charge in [0.15, 0.2) is 5.16 Å². The summed E-state index contributed by atoms with van der Waals surface area (Å²) in [5.41, 5.74) is 3.72.